The van der Waals surface area contributed by atoms with Gasteiger partial charge in [-0.1, -0.05) is 6.58 Å². The number of rotatable bonds is 3. The lowest BCUT2D eigenvalue weighted by molar-refractivity contribution is 0.134. The van der Waals surface area contributed by atoms with Gasteiger partial charge in [0, 0.05) is 6.07 Å². The minimum Gasteiger partial charge on any atom is -0.504 e. The molecule has 0 fully saturated rings. The van der Waals surface area contributed by atoms with E-state index in [4.69, 9.17) is 4.55 Å². The molecule has 0 unspecified atom stereocenters. The number of aromatic hydroxyl groups is 1. The molecule has 1 aromatic carbocycles. The highest BCUT2D eigenvalue weighted by Crippen LogP contribution is 2.28. The Labute approximate surface area is 96.6 Å². The van der Waals surface area contributed by atoms with E-state index in [0.29, 0.717) is 0 Å². The van der Waals surface area contributed by atoms with Crippen molar-refractivity contribution in [2.75, 3.05) is 0 Å². The maximum atomic E-state index is 10.9. The van der Waals surface area contributed by atoms with Gasteiger partial charge in [0.05, 0.1) is 11.2 Å². The second-order valence-corrected chi connectivity index (χ2v) is 4.16. The number of phenolic OH excluding ortho intramolecular Hbond substituents is 1. The third-order valence-corrected chi connectivity index (χ3v) is 2.45. The van der Waals surface area contributed by atoms with E-state index in [1.165, 1.54) is 0 Å². The average Bonchev–Trinajstić information content (AvgIpc) is 2.20. The average molecular weight is 260 g/mol. The zero-order valence-corrected chi connectivity index (χ0v) is 9.18. The predicted molar refractivity (Wildman–Crippen MR) is 55.2 cm³/mol. The molecule has 0 spiro atoms. The number of benzene rings is 1. The van der Waals surface area contributed by atoms with Crippen LogP contribution >= 0.6 is 0 Å². The molecule has 0 saturated carbocycles. The third kappa shape index (κ3) is 3.47. The third-order valence-electron chi connectivity index (χ3n) is 1.60. The molecule has 0 amide bonds. The van der Waals surface area contributed by atoms with Crippen molar-refractivity contribution < 1.29 is 32.3 Å². The van der Waals surface area contributed by atoms with E-state index < -0.39 is 32.7 Å². The van der Waals surface area contributed by atoms with E-state index in [0.717, 1.165) is 24.5 Å². The molecule has 0 bridgehead atoms. The van der Waals surface area contributed by atoms with Gasteiger partial charge >= 0.3 is 6.16 Å². The molecular weight excluding hydrogens is 252 g/mol. The fourth-order valence-corrected chi connectivity index (χ4v) is 1.41. The molecule has 0 aromatic heterocycles. The summed E-state index contributed by atoms with van der Waals surface area (Å²) in [5.74, 6) is -0.953. The highest BCUT2D eigenvalue weighted by atomic mass is 32.2. The predicted octanol–water partition coefficient (Wildman–Crippen LogP) is 1.30. The number of carbonyl (C=O) groups excluding carboxylic acids is 1. The van der Waals surface area contributed by atoms with E-state index in [2.05, 4.69) is 16.1 Å². The van der Waals surface area contributed by atoms with Gasteiger partial charge in [0.2, 0.25) is 0 Å². The zero-order chi connectivity index (χ0) is 13.1. The molecule has 0 aliphatic heterocycles. The Morgan fingerprint density at radius 2 is 2.06 bits per heavy atom. The fraction of sp³-hybridized carbons (Fsp3) is 0. The van der Waals surface area contributed by atoms with E-state index in [1.807, 2.05) is 0 Å². The molecule has 0 aliphatic rings. The Hall–Kier alpha value is -2.06. The van der Waals surface area contributed by atoms with Gasteiger partial charge in [0.1, 0.15) is 0 Å². The molecule has 2 N–H and O–H groups in total. The van der Waals surface area contributed by atoms with Crippen LogP contribution in [0.3, 0.4) is 0 Å². The lowest BCUT2D eigenvalue weighted by Gasteiger charge is -2.06. The first-order valence-corrected chi connectivity index (χ1v) is 5.58. The first-order chi connectivity index (χ1) is 7.84. The first kappa shape index (κ1) is 13.0. The van der Waals surface area contributed by atoms with Gasteiger partial charge in [0.15, 0.2) is 11.5 Å². The van der Waals surface area contributed by atoms with E-state index in [-0.39, 0.29) is 0 Å². The van der Waals surface area contributed by atoms with Crippen molar-refractivity contribution in [2.24, 2.45) is 0 Å². The second kappa shape index (κ2) is 4.85. The molecule has 0 saturated heterocycles. The van der Waals surface area contributed by atoms with Gasteiger partial charge in [-0.2, -0.15) is 8.42 Å². The van der Waals surface area contributed by atoms with Gasteiger partial charge in [-0.3, -0.25) is 4.55 Å². The summed E-state index contributed by atoms with van der Waals surface area (Å²) in [6.45, 7) is 3.10. The van der Waals surface area contributed by atoms with Crippen molar-refractivity contribution in [1.82, 2.24) is 0 Å². The molecule has 0 atom stereocenters. The largest absolute Gasteiger partial charge is 0.518 e. The molecular formula is C9H8O7S. The van der Waals surface area contributed by atoms with Crippen molar-refractivity contribution in [1.29, 1.82) is 0 Å². The summed E-state index contributed by atoms with van der Waals surface area (Å²) in [7, 11) is -4.45. The number of hydrogen-bond donors (Lipinski definition) is 2. The lowest BCUT2D eigenvalue weighted by atomic mass is 10.3. The lowest BCUT2D eigenvalue weighted by Crippen LogP contribution is -2.07. The molecule has 92 valence electrons. The number of hydrogen-bond acceptors (Lipinski definition) is 6. The van der Waals surface area contributed by atoms with E-state index >= 15 is 0 Å². The van der Waals surface area contributed by atoms with Crippen LogP contribution in [0.5, 0.6) is 11.5 Å². The summed E-state index contributed by atoms with van der Waals surface area (Å²) >= 11 is 0. The van der Waals surface area contributed by atoms with Crippen molar-refractivity contribution >= 4 is 16.3 Å². The minimum absolute atomic E-state index is 0.466. The van der Waals surface area contributed by atoms with Gasteiger partial charge in [-0.15, -0.1) is 0 Å². The summed E-state index contributed by atoms with van der Waals surface area (Å²) in [6, 6.07) is 2.66. The Kier molecular flexibility index (Phi) is 3.71. The van der Waals surface area contributed by atoms with Crippen molar-refractivity contribution in [2.45, 2.75) is 4.90 Å². The molecule has 1 aromatic rings. The molecule has 17 heavy (non-hydrogen) atoms. The van der Waals surface area contributed by atoms with Crippen LogP contribution < -0.4 is 4.74 Å². The SMILES string of the molecule is C=COC(=O)Oc1cc(S(=O)(=O)O)ccc1O. The highest BCUT2D eigenvalue weighted by molar-refractivity contribution is 7.85. The molecule has 0 radical (unpaired) electrons. The van der Waals surface area contributed by atoms with Crippen LogP contribution in [-0.4, -0.2) is 24.2 Å². The summed E-state index contributed by atoms with van der Waals surface area (Å²) in [5.41, 5.74) is 0. The number of ether oxygens (including phenoxy) is 2. The maximum absolute atomic E-state index is 10.9. The van der Waals surface area contributed by atoms with Crippen molar-refractivity contribution in [3.05, 3.63) is 31.0 Å². The van der Waals surface area contributed by atoms with Gasteiger partial charge in [0.25, 0.3) is 10.1 Å². The monoisotopic (exact) mass is 260 g/mol. The first-order valence-electron chi connectivity index (χ1n) is 4.14. The van der Waals surface area contributed by atoms with Gasteiger partial charge in [-0.05, 0) is 12.1 Å². The standard InChI is InChI=1S/C9H8O7S/c1-2-15-9(11)16-8-5-6(17(12,13)14)3-4-7(8)10/h2-5,10H,1H2,(H,12,13,14). The minimum atomic E-state index is -4.45. The normalized spacial score (nSPS) is 10.6. The molecule has 1 rings (SSSR count). The van der Waals surface area contributed by atoms with E-state index in [1.54, 1.807) is 0 Å². The van der Waals surface area contributed by atoms with Crippen molar-refractivity contribution in [3.63, 3.8) is 0 Å². The highest BCUT2D eigenvalue weighted by Gasteiger charge is 2.15. The van der Waals surface area contributed by atoms with Crippen LogP contribution in [-0.2, 0) is 14.9 Å². The quantitative estimate of drug-likeness (QED) is 0.364. The van der Waals surface area contributed by atoms with Crippen LogP contribution in [0.4, 0.5) is 4.79 Å². The molecule has 0 heterocycles. The molecule has 7 nitrogen and oxygen atoms in total. The van der Waals surface area contributed by atoms with Crippen LogP contribution in [0.15, 0.2) is 35.9 Å². The number of phenols is 1. The number of carbonyl (C=O) groups is 1. The van der Waals surface area contributed by atoms with Crippen LogP contribution in [0.1, 0.15) is 0 Å². The zero-order valence-electron chi connectivity index (χ0n) is 8.36. The van der Waals surface area contributed by atoms with Crippen LogP contribution in [0, 0.1) is 0 Å². The smallest absolute Gasteiger partial charge is 0.504 e. The van der Waals surface area contributed by atoms with Crippen LogP contribution in [0.25, 0.3) is 0 Å². The summed E-state index contributed by atoms with van der Waals surface area (Å²) in [6.07, 6.45) is -0.408. The Bertz CT molecular complexity index is 546. The summed E-state index contributed by atoms with van der Waals surface area (Å²) < 4.78 is 39.0. The van der Waals surface area contributed by atoms with E-state index in [9.17, 15) is 18.3 Å². The Morgan fingerprint density at radius 1 is 1.41 bits per heavy atom. The molecule has 8 heteroatoms. The summed E-state index contributed by atoms with van der Waals surface area (Å²) in [5, 5.41) is 9.28. The molecule has 0 aliphatic carbocycles. The Morgan fingerprint density at radius 3 is 2.59 bits per heavy atom. The van der Waals surface area contributed by atoms with Crippen LogP contribution in [0.2, 0.25) is 0 Å². The topological polar surface area (TPSA) is 110 Å². The summed E-state index contributed by atoms with van der Waals surface area (Å²) in [4.78, 5) is 10.4. The fourth-order valence-electron chi connectivity index (χ4n) is 0.919. The maximum Gasteiger partial charge on any atom is 0.518 e. The Balaban J connectivity index is 3.07. The van der Waals surface area contributed by atoms with Gasteiger partial charge in [-0.25, -0.2) is 4.79 Å². The van der Waals surface area contributed by atoms with Crippen molar-refractivity contribution in [3.8, 4) is 11.5 Å². The van der Waals surface area contributed by atoms with Gasteiger partial charge < -0.3 is 14.6 Å². The second-order valence-electron chi connectivity index (χ2n) is 2.74.